The number of hydrogen-bond donors (Lipinski definition) is 1. The Labute approximate surface area is 102 Å². The van der Waals surface area contributed by atoms with E-state index in [1.54, 1.807) is 10.9 Å². The van der Waals surface area contributed by atoms with Gasteiger partial charge in [0.25, 0.3) is 0 Å². The Kier molecular flexibility index (Phi) is 3.58. The Morgan fingerprint density at radius 1 is 1.50 bits per heavy atom. The minimum atomic E-state index is 0.476. The second-order valence-electron chi connectivity index (χ2n) is 3.24. The van der Waals surface area contributed by atoms with Crippen molar-refractivity contribution in [3.63, 3.8) is 0 Å². The summed E-state index contributed by atoms with van der Waals surface area (Å²) < 4.78 is 8.18. The third-order valence-electron chi connectivity index (χ3n) is 2.01. The third-order valence-corrected chi connectivity index (χ3v) is 2.51. The molecule has 0 aliphatic rings. The highest BCUT2D eigenvalue weighted by Crippen LogP contribution is 2.17. The second kappa shape index (κ2) is 5.14. The van der Waals surface area contributed by atoms with Crippen molar-refractivity contribution in [1.82, 2.24) is 15.1 Å². The fourth-order valence-corrected chi connectivity index (χ4v) is 1.68. The lowest BCUT2D eigenvalue weighted by molar-refractivity contribution is 0.296. The Morgan fingerprint density at radius 3 is 3.12 bits per heavy atom. The summed E-state index contributed by atoms with van der Waals surface area (Å²) >= 11 is 3.43. The quantitative estimate of drug-likeness (QED) is 0.874. The summed E-state index contributed by atoms with van der Waals surface area (Å²) in [7, 11) is 1.83. The van der Waals surface area contributed by atoms with E-state index in [-0.39, 0.29) is 0 Å². The normalized spacial score (nSPS) is 10.4. The van der Waals surface area contributed by atoms with E-state index >= 15 is 0 Å². The molecule has 0 radical (unpaired) electrons. The molecule has 0 aliphatic carbocycles. The molecule has 4 nitrogen and oxygen atoms in total. The monoisotopic (exact) mass is 281 g/mol. The van der Waals surface area contributed by atoms with Crippen molar-refractivity contribution in [3.8, 4) is 11.4 Å². The van der Waals surface area contributed by atoms with Crippen molar-refractivity contribution in [2.45, 2.75) is 0 Å². The Balaban J connectivity index is 2.18. The molecule has 1 aromatic heterocycles. The van der Waals surface area contributed by atoms with Crippen LogP contribution in [0.4, 0.5) is 0 Å². The van der Waals surface area contributed by atoms with Crippen molar-refractivity contribution in [2.24, 2.45) is 0 Å². The maximum absolute atomic E-state index is 5.38. The van der Waals surface area contributed by atoms with Crippen LogP contribution in [-0.4, -0.2) is 23.6 Å². The lowest BCUT2D eigenvalue weighted by atomic mass is 10.3. The number of ether oxygens (including phenoxy) is 1. The van der Waals surface area contributed by atoms with E-state index in [4.69, 9.17) is 4.74 Å². The zero-order valence-electron chi connectivity index (χ0n) is 8.85. The first-order valence-corrected chi connectivity index (χ1v) is 5.67. The van der Waals surface area contributed by atoms with Crippen LogP contribution in [0.1, 0.15) is 0 Å². The van der Waals surface area contributed by atoms with Crippen LogP contribution in [0, 0.1) is 0 Å². The molecule has 2 rings (SSSR count). The fourth-order valence-electron chi connectivity index (χ4n) is 1.30. The average molecular weight is 282 g/mol. The summed E-state index contributed by atoms with van der Waals surface area (Å²) in [5.41, 5.74) is 0.994. The van der Waals surface area contributed by atoms with Gasteiger partial charge in [-0.05, 0) is 25.2 Å². The molecule has 84 valence electrons. The Morgan fingerprint density at radius 2 is 2.38 bits per heavy atom. The van der Waals surface area contributed by atoms with Gasteiger partial charge in [-0.15, -0.1) is 0 Å². The smallest absolute Gasteiger partial charge is 0.159 e. The van der Waals surface area contributed by atoms with Crippen LogP contribution in [0.5, 0.6) is 5.75 Å². The lowest BCUT2D eigenvalue weighted by Crippen LogP contribution is -2.13. The first-order valence-electron chi connectivity index (χ1n) is 4.87. The van der Waals surface area contributed by atoms with E-state index in [2.05, 4.69) is 26.3 Å². The SMILES string of the molecule is CNCOc1cnn(-c2cccc(Br)c2)c1. The summed E-state index contributed by atoms with van der Waals surface area (Å²) in [6.45, 7) is 0.476. The summed E-state index contributed by atoms with van der Waals surface area (Å²) in [6, 6.07) is 7.93. The maximum Gasteiger partial charge on any atom is 0.159 e. The molecular formula is C11H12BrN3O. The molecule has 0 atom stereocenters. The van der Waals surface area contributed by atoms with Crippen molar-refractivity contribution in [1.29, 1.82) is 0 Å². The summed E-state index contributed by atoms with van der Waals surface area (Å²) in [6.07, 6.45) is 3.54. The number of halogens is 1. The van der Waals surface area contributed by atoms with Crippen molar-refractivity contribution in [2.75, 3.05) is 13.8 Å². The van der Waals surface area contributed by atoms with Crippen LogP contribution < -0.4 is 10.1 Å². The van der Waals surface area contributed by atoms with Gasteiger partial charge in [0.2, 0.25) is 0 Å². The van der Waals surface area contributed by atoms with Crippen LogP contribution in [0.2, 0.25) is 0 Å². The highest BCUT2D eigenvalue weighted by Gasteiger charge is 2.01. The van der Waals surface area contributed by atoms with Crippen LogP contribution >= 0.6 is 15.9 Å². The van der Waals surface area contributed by atoms with E-state index in [0.29, 0.717) is 6.73 Å². The number of rotatable bonds is 4. The Bertz CT molecular complexity index is 470. The maximum atomic E-state index is 5.38. The standard InChI is InChI=1S/C11H12BrN3O/c1-13-8-16-11-6-14-15(7-11)10-4-2-3-9(12)5-10/h2-7,13H,8H2,1H3. The minimum absolute atomic E-state index is 0.476. The number of nitrogens with zero attached hydrogens (tertiary/aromatic N) is 2. The van der Waals surface area contributed by atoms with Crippen LogP contribution in [0.3, 0.4) is 0 Å². The fraction of sp³-hybridized carbons (Fsp3) is 0.182. The molecule has 1 aromatic carbocycles. The summed E-state index contributed by atoms with van der Waals surface area (Å²) in [5.74, 6) is 0.745. The van der Waals surface area contributed by atoms with Gasteiger partial charge < -0.3 is 4.74 Å². The molecule has 16 heavy (non-hydrogen) atoms. The predicted molar refractivity (Wildman–Crippen MR) is 65.8 cm³/mol. The van der Waals surface area contributed by atoms with E-state index in [1.165, 1.54) is 0 Å². The molecule has 0 saturated carbocycles. The van der Waals surface area contributed by atoms with Crippen molar-refractivity contribution < 1.29 is 4.74 Å². The molecule has 0 amide bonds. The molecular weight excluding hydrogens is 270 g/mol. The molecule has 0 fully saturated rings. The highest BCUT2D eigenvalue weighted by atomic mass is 79.9. The van der Waals surface area contributed by atoms with Crippen LogP contribution in [0.25, 0.3) is 5.69 Å². The Hall–Kier alpha value is -1.33. The second-order valence-corrected chi connectivity index (χ2v) is 4.16. The summed E-state index contributed by atoms with van der Waals surface area (Å²) in [4.78, 5) is 0. The van der Waals surface area contributed by atoms with Gasteiger partial charge in [0, 0.05) is 4.47 Å². The van der Waals surface area contributed by atoms with E-state index in [1.807, 2.05) is 37.5 Å². The number of aromatic nitrogens is 2. The van der Waals surface area contributed by atoms with Crippen LogP contribution in [0.15, 0.2) is 41.1 Å². The topological polar surface area (TPSA) is 39.1 Å². The van der Waals surface area contributed by atoms with Gasteiger partial charge in [-0.3, -0.25) is 5.32 Å². The van der Waals surface area contributed by atoms with Gasteiger partial charge in [0.1, 0.15) is 6.73 Å². The van der Waals surface area contributed by atoms with E-state index in [9.17, 15) is 0 Å². The zero-order chi connectivity index (χ0) is 11.4. The predicted octanol–water partition coefficient (Wildman–Crippen LogP) is 2.19. The third kappa shape index (κ3) is 2.62. The number of hydrogen-bond acceptors (Lipinski definition) is 3. The molecule has 0 saturated heterocycles. The van der Waals surface area contributed by atoms with Gasteiger partial charge in [0.15, 0.2) is 5.75 Å². The highest BCUT2D eigenvalue weighted by molar-refractivity contribution is 9.10. The molecule has 0 unspecified atom stereocenters. The van der Waals surface area contributed by atoms with E-state index < -0.39 is 0 Å². The van der Waals surface area contributed by atoms with Crippen molar-refractivity contribution >= 4 is 15.9 Å². The minimum Gasteiger partial charge on any atom is -0.475 e. The number of nitrogens with one attached hydrogen (secondary N) is 1. The molecule has 0 bridgehead atoms. The molecule has 5 heteroatoms. The van der Waals surface area contributed by atoms with Gasteiger partial charge in [-0.25, -0.2) is 4.68 Å². The first-order chi connectivity index (χ1) is 7.79. The van der Waals surface area contributed by atoms with Crippen molar-refractivity contribution in [3.05, 3.63) is 41.1 Å². The van der Waals surface area contributed by atoms with Crippen LogP contribution in [-0.2, 0) is 0 Å². The average Bonchev–Trinajstić information content (AvgIpc) is 2.75. The summed E-state index contributed by atoms with van der Waals surface area (Å²) in [5, 5.41) is 7.13. The molecule has 1 N–H and O–H groups in total. The van der Waals surface area contributed by atoms with Gasteiger partial charge in [0.05, 0.1) is 18.1 Å². The van der Waals surface area contributed by atoms with Gasteiger partial charge in [-0.2, -0.15) is 5.10 Å². The molecule has 2 aromatic rings. The zero-order valence-corrected chi connectivity index (χ0v) is 10.4. The lowest BCUT2D eigenvalue weighted by Gasteiger charge is -2.01. The molecule has 0 spiro atoms. The van der Waals surface area contributed by atoms with Gasteiger partial charge >= 0.3 is 0 Å². The largest absolute Gasteiger partial charge is 0.475 e. The number of benzene rings is 1. The van der Waals surface area contributed by atoms with E-state index in [0.717, 1.165) is 15.9 Å². The molecule has 1 heterocycles. The van der Waals surface area contributed by atoms with Gasteiger partial charge in [-0.1, -0.05) is 22.0 Å². The first kappa shape index (κ1) is 11.2. The molecule has 0 aliphatic heterocycles.